The van der Waals surface area contributed by atoms with Gasteiger partial charge in [0, 0.05) is 22.6 Å². The predicted molar refractivity (Wildman–Crippen MR) is 221 cm³/mol. The van der Waals surface area contributed by atoms with E-state index < -0.39 is 0 Å². The molecule has 2 aliphatic heterocycles. The molecule has 2 heterocycles. The number of nitrogens with zero attached hydrogens (tertiary/aromatic N) is 2. The summed E-state index contributed by atoms with van der Waals surface area (Å²) < 4.78 is 7.08. The van der Waals surface area contributed by atoms with E-state index in [1.54, 1.807) is 0 Å². The van der Waals surface area contributed by atoms with Crippen molar-refractivity contribution in [2.45, 2.75) is 26.2 Å². The van der Waals surface area contributed by atoms with Gasteiger partial charge in [0.25, 0.3) is 0 Å². The van der Waals surface area contributed by atoms with E-state index in [1.807, 2.05) is 0 Å². The first-order valence-electron chi connectivity index (χ1n) is 18.4. The lowest BCUT2D eigenvalue weighted by Crippen LogP contribution is -2.33. The van der Waals surface area contributed by atoms with E-state index in [0.717, 1.165) is 45.5 Å². The lowest BCUT2D eigenvalue weighted by molar-refractivity contribution is 0.471. The topological polar surface area (TPSA) is 15.7 Å². The fourth-order valence-corrected chi connectivity index (χ4v) is 8.68. The summed E-state index contributed by atoms with van der Waals surface area (Å²) in [4.78, 5) is 4.85. The highest BCUT2D eigenvalue weighted by Gasteiger charge is 2.43. The SMILES string of the molecule is Cc1cc(N(c2cccc(-c3ccccc3)c2)c2cccc3ccccc23)cc2c1N1c3ccccc3C(C)(C)c3c(-c4ccccc4)ccc(c31)O2. The second-order valence-electron chi connectivity index (χ2n) is 14.6. The first-order valence-corrected chi connectivity index (χ1v) is 18.4. The molecule has 0 amide bonds. The second-order valence-corrected chi connectivity index (χ2v) is 14.6. The fraction of sp³-hybridized carbons (Fsp3) is 0.0800. The Balaban J connectivity index is 1.21. The van der Waals surface area contributed by atoms with Crippen LogP contribution in [0.2, 0.25) is 0 Å². The molecule has 0 saturated carbocycles. The highest BCUT2D eigenvalue weighted by atomic mass is 16.5. The Morgan fingerprint density at radius 1 is 0.528 bits per heavy atom. The molecule has 2 aliphatic rings. The maximum absolute atomic E-state index is 7.08. The molecule has 8 aromatic rings. The van der Waals surface area contributed by atoms with Crippen LogP contribution in [-0.4, -0.2) is 0 Å². The van der Waals surface area contributed by atoms with Crippen molar-refractivity contribution in [1.29, 1.82) is 0 Å². The molecule has 3 heteroatoms. The van der Waals surface area contributed by atoms with Crippen LogP contribution in [0.5, 0.6) is 11.5 Å². The second kappa shape index (κ2) is 12.0. The van der Waals surface area contributed by atoms with E-state index in [1.165, 1.54) is 49.8 Å². The van der Waals surface area contributed by atoms with Crippen molar-refractivity contribution in [1.82, 2.24) is 0 Å². The number of hydrogen-bond donors (Lipinski definition) is 0. The van der Waals surface area contributed by atoms with Crippen molar-refractivity contribution in [3.8, 4) is 33.8 Å². The van der Waals surface area contributed by atoms with Crippen LogP contribution in [0, 0.1) is 6.92 Å². The zero-order chi connectivity index (χ0) is 35.7. The van der Waals surface area contributed by atoms with Crippen molar-refractivity contribution in [2.75, 3.05) is 9.80 Å². The number of fused-ring (bicyclic) bond motifs is 5. The number of hydrogen-bond acceptors (Lipinski definition) is 3. The summed E-state index contributed by atoms with van der Waals surface area (Å²) in [7, 11) is 0. The van der Waals surface area contributed by atoms with Crippen LogP contribution in [0.1, 0.15) is 30.5 Å². The van der Waals surface area contributed by atoms with Gasteiger partial charge in [-0.1, -0.05) is 147 Å². The third-order valence-corrected chi connectivity index (χ3v) is 11.1. The minimum absolute atomic E-state index is 0.257. The van der Waals surface area contributed by atoms with Gasteiger partial charge in [0.15, 0.2) is 11.5 Å². The monoisotopic (exact) mass is 682 g/mol. The summed E-state index contributed by atoms with van der Waals surface area (Å²) in [5.41, 5.74) is 14.9. The van der Waals surface area contributed by atoms with E-state index in [-0.39, 0.29) is 5.41 Å². The fourth-order valence-electron chi connectivity index (χ4n) is 8.68. The molecule has 3 nitrogen and oxygen atoms in total. The molecule has 254 valence electrons. The van der Waals surface area contributed by atoms with Crippen molar-refractivity contribution in [3.05, 3.63) is 193 Å². The average molecular weight is 683 g/mol. The van der Waals surface area contributed by atoms with E-state index in [2.05, 4.69) is 206 Å². The molecular formula is C50H38N2O. The molecule has 0 aliphatic carbocycles. The highest BCUT2D eigenvalue weighted by molar-refractivity contribution is 6.01. The molecule has 0 bridgehead atoms. The average Bonchev–Trinajstić information content (AvgIpc) is 3.20. The molecular weight excluding hydrogens is 645 g/mol. The summed E-state index contributed by atoms with van der Waals surface area (Å²) in [6.45, 7) is 6.92. The number of para-hydroxylation sites is 1. The summed E-state index contributed by atoms with van der Waals surface area (Å²) in [5.74, 6) is 1.71. The first-order chi connectivity index (χ1) is 26.0. The normalized spacial score (nSPS) is 13.5. The minimum atomic E-state index is -0.257. The number of benzene rings is 8. The Morgan fingerprint density at radius 2 is 1.21 bits per heavy atom. The summed E-state index contributed by atoms with van der Waals surface area (Å²) >= 11 is 0. The Labute approximate surface area is 311 Å². The molecule has 10 rings (SSSR count). The zero-order valence-electron chi connectivity index (χ0n) is 30.0. The lowest BCUT2D eigenvalue weighted by Gasteiger charge is -2.46. The van der Waals surface area contributed by atoms with Crippen molar-refractivity contribution in [2.24, 2.45) is 0 Å². The maximum atomic E-state index is 7.08. The number of anilines is 6. The van der Waals surface area contributed by atoms with Crippen LogP contribution in [0.3, 0.4) is 0 Å². The highest BCUT2D eigenvalue weighted by Crippen LogP contribution is 2.63. The number of ether oxygens (including phenoxy) is 1. The standard InChI is InChI=1S/C50H38N2O/c1-33-30-39(51(43-27-15-21-35-20-10-11-24-40(35)43)38-23-14-22-37(31-38)34-16-6-4-7-17-34)32-46-48(33)52-44-26-13-12-25-42(44)50(2,3)47-41(36-18-8-5-9-19-36)28-29-45(53-46)49(47)52/h4-32H,1-3H3. The molecule has 0 unspecified atom stereocenters. The van der Waals surface area contributed by atoms with Crippen molar-refractivity contribution >= 4 is 44.9 Å². The van der Waals surface area contributed by atoms with Gasteiger partial charge in [0.1, 0.15) is 0 Å². The molecule has 0 saturated heterocycles. The van der Waals surface area contributed by atoms with Gasteiger partial charge in [-0.25, -0.2) is 0 Å². The van der Waals surface area contributed by atoms with Crippen molar-refractivity contribution in [3.63, 3.8) is 0 Å². The van der Waals surface area contributed by atoms with Gasteiger partial charge in [-0.2, -0.15) is 0 Å². The Kier molecular flexibility index (Phi) is 7.06. The molecule has 0 fully saturated rings. The van der Waals surface area contributed by atoms with Gasteiger partial charge in [-0.3, -0.25) is 0 Å². The molecule has 0 N–H and O–H groups in total. The van der Waals surface area contributed by atoms with Gasteiger partial charge in [-0.05, 0) is 87.7 Å². The Hall–Kier alpha value is -6.58. The van der Waals surface area contributed by atoms with E-state index >= 15 is 0 Å². The first kappa shape index (κ1) is 31.2. The molecule has 8 aromatic carbocycles. The van der Waals surface area contributed by atoms with E-state index in [0.29, 0.717) is 0 Å². The van der Waals surface area contributed by atoms with Gasteiger partial charge < -0.3 is 14.5 Å². The third kappa shape index (κ3) is 4.88. The van der Waals surface area contributed by atoms with Gasteiger partial charge in [-0.15, -0.1) is 0 Å². The van der Waals surface area contributed by atoms with Crippen LogP contribution in [-0.2, 0) is 5.41 Å². The van der Waals surface area contributed by atoms with Crippen molar-refractivity contribution < 1.29 is 4.74 Å². The Morgan fingerprint density at radius 3 is 2.04 bits per heavy atom. The molecule has 53 heavy (non-hydrogen) atoms. The molecule has 0 aromatic heterocycles. The summed E-state index contributed by atoms with van der Waals surface area (Å²) in [5, 5.41) is 2.38. The van der Waals surface area contributed by atoms with Crippen LogP contribution in [0.15, 0.2) is 176 Å². The molecule has 0 radical (unpaired) electrons. The summed E-state index contributed by atoms with van der Waals surface area (Å²) in [6, 6.07) is 63.3. The largest absolute Gasteiger partial charge is 0.453 e. The van der Waals surface area contributed by atoms with Crippen LogP contribution in [0.4, 0.5) is 34.1 Å². The van der Waals surface area contributed by atoms with Gasteiger partial charge in [0.2, 0.25) is 0 Å². The number of aryl methyl sites for hydroxylation is 1. The minimum Gasteiger partial charge on any atom is -0.453 e. The van der Waals surface area contributed by atoms with Crippen LogP contribution < -0.4 is 14.5 Å². The van der Waals surface area contributed by atoms with E-state index in [9.17, 15) is 0 Å². The van der Waals surface area contributed by atoms with Gasteiger partial charge in [0.05, 0.1) is 28.4 Å². The zero-order valence-corrected chi connectivity index (χ0v) is 30.0. The third-order valence-electron chi connectivity index (χ3n) is 11.1. The molecule has 0 atom stereocenters. The van der Waals surface area contributed by atoms with Crippen LogP contribution in [0.25, 0.3) is 33.0 Å². The van der Waals surface area contributed by atoms with Gasteiger partial charge >= 0.3 is 0 Å². The maximum Gasteiger partial charge on any atom is 0.153 e. The lowest BCUT2D eigenvalue weighted by atomic mass is 9.70. The Bertz CT molecular complexity index is 2690. The molecule has 0 spiro atoms. The predicted octanol–water partition coefficient (Wildman–Crippen LogP) is 14.2. The summed E-state index contributed by atoms with van der Waals surface area (Å²) in [6.07, 6.45) is 0. The van der Waals surface area contributed by atoms with Crippen LogP contribution >= 0.6 is 0 Å². The number of rotatable bonds is 5. The van der Waals surface area contributed by atoms with E-state index in [4.69, 9.17) is 4.74 Å². The smallest absolute Gasteiger partial charge is 0.153 e. The quantitative estimate of drug-likeness (QED) is 0.180.